The number of rotatable bonds is 20. The van der Waals surface area contributed by atoms with Gasteiger partial charge >= 0.3 is 11.9 Å². The van der Waals surface area contributed by atoms with Crippen LogP contribution < -0.4 is 0 Å². The number of aliphatic carboxylic acids is 1. The molecule has 0 amide bonds. The van der Waals surface area contributed by atoms with Crippen LogP contribution in [0.3, 0.4) is 0 Å². The quantitative estimate of drug-likeness (QED) is 0.136. The number of carboxylic acid groups (broad SMARTS) is 1. The van der Waals surface area contributed by atoms with Crippen molar-refractivity contribution in [1.29, 1.82) is 0 Å². The van der Waals surface area contributed by atoms with Crippen molar-refractivity contribution in [3.63, 3.8) is 0 Å². The first-order chi connectivity index (χ1) is 14.5. The first-order valence-electron chi connectivity index (χ1n) is 11.8. The Labute approximate surface area is 183 Å². The van der Waals surface area contributed by atoms with Crippen molar-refractivity contribution < 1.29 is 29.6 Å². The minimum atomic E-state index is -0.981. The summed E-state index contributed by atoms with van der Waals surface area (Å²) < 4.78 is 4.86. The molecule has 0 heterocycles. The summed E-state index contributed by atoms with van der Waals surface area (Å²) in [5, 5.41) is 25.3. The molecule has 0 spiro atoms. The van der Waals surface area contributed by atoms with Crippen LogP contribution in [0.4, 0.5) is 0 Å². The molecule has 0 bridgehead atoms. The van der Waals surface area contributed by atoms with Crippen LogP contribution in [0.15, 0.2) is 12.7 Å². The van der Waals surface area contributed by atoms with Gasteiger partial charge in [-0.2, -0.15) is 0 Å². The molecule has 1 atom stereocenters. The summed E-state index contributed by atoms with van der Waals surface area (Å²) >= 11 is 0. The number of carbonyl (C=O) groups is 2. The van der Waals surface area contributed by atoms with Gasteiger partial charge in [0, 0.05) is 12.5 Å². The molecule has 0 saturated carbocycles. The lowest BCUT2D eigenvalue weighted by Crippen LogP contribution is -2.21. The molecule has 0 radical (unpaired) electrons. The SMILES string of the molecule is C=CC(=O)O.CCCCCCCCCCCCCCCCCC(=O)OCC(O)CO. The van der Waals surface area contributed by atoms with Gasteiger partial charge in [-0.1, -0.05) is 103 Å². The molecule has 3 N–H and O–H groups in total. The van der Waals surface area contributed by atoms with Crippen LogP contribution in [0.5, 0.6) is 0 Å². The zero-order chi connectivity index (χ0) is 22.9. The second kappa shape index (κ2) is 25.6. The highest BCUT2D eigenvalue weighted by Gasteiger charge is 2.07. The fourth-order valence-corrected chi connectivity index (χ4v) is 2.95. The number of carbonyl (C=O) groups excluding carboxylic acids is 1. The van der Waals surface area contributed by atoms with Gasteiger partial charge in [0.1, 0.15) is 12.7 Å². The Balaban J connectivity index is 0. The standard InChI is InChI=1S/C21H42O4.C3H4O2/c1-2-3-4-5-6-7-8-9-10-11-12-13-14-15-16-17-21(24)25-19-20(23)18-22;1-2-3(4)5/h20,22-23H,2-19H2,1H3;2H,1H2,(H,4,5). The van der Waals surface area contributed by atoms with Crippen LogP contribution in [0.25, 0.3) is 0 Å². The number of ether oxygens (including phenoxy) is 1. The number of aliphatic hydroxyl groups excluding tert-OH is 2. The molecule has 0 saturated heterocycles. The first-order valence-corrected chi connectivity index (χ1v) is 11.8. The number of carboxylic acids is 1. The topological polar surface area (TPSA) is 104 Å². The van der Waals surface area contributed by atoms with Crippen molar-refractivity contribution in [2.24, 2.45) is 0 Å². The van der Waals surface area contributed by atoms with E-state index < -0.39 is 12.1 Å². The molecule has 0 aliphatic carbocycles. The molecular formula is C24H46O6. The Bertz CT molecular complexity index is 397. The summed E-state index contributed by atoms with van der Waals surface area (Å²) in [5.74, 6) is -1.26. The molecule has 6 heteroatoms. The second-order valence-corrected chi connectivity index (χ2v) is 7.76. The molecule has 0 aromatic carbocycles. The maximum atomic E-state index is 11.4. The Morgan fingerprint density at radius 1 is 0.833 bits per heavy atom. The van der Waals surface area contributed by atoms with Crippen molar-refractivity contribution in [2.75, 3.05) is 13.2 Å². The monoisotopic (exact) mass is 430 g/mol. The lowest BCUT2D eigenvalue weighted by molar-refractivity contribution is -0.147. The normalized spacial score (nSPS) is 11.3. The molecule has 0 aliphatic heterocycles. The molecule has 178 valence electrons. The summed E-state index contributed by atoms with van der Waals surface area (Å²) in [4.78, 5) is 20.6. The number of esters is 1. The van der Waals surface area contributed by atoms with Gasteiger partial charge in [-0.15, -0.1) is 0 Å². The van der Waals surface area contributed by atoms with Crippen LogP contribution in [-0.4, -0.2) is 46.6 Å². The highest BCUT2D eigenvalue weighted by atomic mass is 16.5. The number of hydrogen-bond donors (Lipinski definition) is 3. The molecular weight excluding hydrogens is 384 g/mol. The predicted molar refractivity (Wildman–Crippen MR) is 121 cm³/mol. The van der Waals surface area contributed by atoms with E-state index in [2.05, 4.69) is 13.5 Å². The maximum absolute atomic E-state index is 11.4. The van der Waals surface area contributed by atoms with E-state index in [1.165, 1.54) is 83.5 Å². The summed E-state index contributed by atoms with van der Waals surface area (Å²) in [6.45, 7) is 4.75. The van der Waals surface area contributed by atoms with Gasteiger partial charge in [-0.3, -0.25) is 4.79 Å². The van der Waals surface area contributed by atoms with E-state index in [0.29, 0.717) is 6.42 Å². The van der Waals surface area contributed by atoms with Crippen LogP contribution in [0.2, 0.25) is 0 Å². The van der Waals surface area contributed by atoms with Gasteiger partial charge in [0.15, 0.2) is 0 Å². The Morgan fingerprint density at radius 2 is 1.20 bits per heavy atom. The van der Waals surface area contributed by atoms with Crippen molar-refractivity contribution in [3.05, 3.63) is 12.7 Å². The Kier molecular flexibility index (Phi) is 26.3. The van der Waals surface area contributed by atoms with E-state index in [-0.39, 0.29) is 19.2 Å². The minimum absolute atomic E-state index is 0.103. The lowest BCUT2D eigenvalue weighted by atomic mass is 10.0. The van der Waals surface area contributed by atoms with E-state index in [1.54, 1.807) is 0 Å². The zero-order valence-electron chi connectivity index (χ0n) is 19.2. The van der Waals surface area contributed by atoms with E-state index in [0.717, 1.165) is 18.9 Å². The zero-order valence-corrected chi connectivity index (χ0v) is 19.2. The third-order valence-corrected chi connectivity index (χ3v) is 4.81. The smallest absolute Gasteiger partial charge is 0.327 e. The molecule has 6 nitrogen and oxygen atoms in total. The van der Waals surface area contributed by atoms with Gasteiger partial charge in [0.05, 0.1) is 6.61 Å². The average molecular weight is 431 g/mol. The van der Waals surface area contributed by atoms with E-state index in [9.17, 15) is 9.59 Å². The highest BCUT2D eigenvalue weighted by Crippen LogP contribution is 2.13. The van der Waals surface area contributed by atoms with Gasteiger partial charge < -0.3 is 20.1 Å². The van der Waals surface area contributed by atoms with E-state index >= 15 is 0 Å². The third kappa shape index (κ3) is 28.8. The van der Waals surface area contributed by atoms with Gasteiger partial charge in [0.2, 0.25) is 0 Å². The Hall–Kier alpha value is -1.40. The molecule has 0 aromatic heterocycles. The molecule has 1 unspecified atom stereocenters. The van der Waals surface area contributed by atoms with Crippen LogP contribution in [0.1, 0.15) is 110 Å². The third-order valence-electron chi connectivity index (χ3n) is 4.81. The van der Waals surface area contributed by atoms with Crippen LogP contribution >= 0.6 is 0 Å². The second-order valence-electron chi connectivity index (χ2n) is 7.76. The first kappa shape index (κ1) is 30.8. The van der Waals surface area contributed by atoms with Crippen LogP contribution in [-0.2, 0) is 14.3 Å². The van der Waals surface area contributed by atoms with Crippen molar-refractivity contribution in [1.82, 2.24) is 0 Å². The van der Waals surface area contributed by atoms with E-state index in [4.69, 9.17) is 20.1 Å². The summed E-state index contributed by atoms with van der Waals surface area (Å²) in [6, 6.07) is 0. The molecule has 0 aliphatic rings. The van der Waals surface area contributed by atoms with Gasteiger partial charge in [-0.05, 0) is 6.42 Å². The lowest BCUT2D eigenvalue weighted by Gasteiger charge is -2.08. The number of aliphatic hydroxyl groups is 2. The van der Waals surface area contributed by atoms with Crippen molar-refractivity contribution >= 4 is 11.9 Å². The summed E-state index contributed by atoms with van der Waals surface area (Å²) in [5.41, 5.74) is 0. The summed E-state index contributed by atoms with van der Waals surface area (Å²) in [6.07, 6.45) is 19.9. The largest absolute Gasteiger partial charge is 0.478 e. The number of hydrogen-bond acceptors (Lipinski definition) is 5. The average Bonchev–Trinajstić information content (AvgIpc) is 2.75. The molecule has 0 fully saturated rings. The van der Waals surface area contributed by atoms with Gasteiger partial charge in [-0.25, -0.2) is 4.79 Å². The summed E-state index contributed by atoms with van der Waals surface area (Å²) in [7, 11) is 0. The van der Waals surface area contributed by atoms with Crippen molar-refractivity contribution in [2.45, 2.75) is 116 Å². The van der Waals surface area contributed by atoms with Crippen LogP contribution in [0, 0.1) is 0 Å². The van der Waals surface area contributed by atoms with Gasteiger partial charge in [0.25, 0.3) is 0 Å². The molecule has 30 heavy (non-hydrogen) atoms. The fourth-order valence-electron chi connectivity index (χ4n) is 2.95. The number of unbranched alkanes of at least 4 members (excludes halogenated alkanes) is 14. The highest BCUT2D eigenvalue weighted by molar-refractivity contribution is 5.78. The maximum Gasteiger partial charge on any atom is 0.327 e. The molecule has 0 aromatic rings. The van der Waals surface area contributed by atoms with E-state index in [1.807, 2.05) is 0 Å². The predicted octanol–water partition coefficient (Wildman–Crippen LogP) is 5.40. The molecule has 0 rings (SSSR count). The Morgan fingerprint density at radius 3 is 1.53 bits per heavy atom. The minimum Gasteiger partial charge on any atom is -0.478 e. The van der Waals surface area contributed by atoms with Crippen molar-refractivity contribution in [3.8, 4) is 0 Å². The fraction of sp³-hybridized carbons (Fsp3) is 0.833.